The van der Waals surface area contributed by atoms with Crippen molar-refractivity contribution in [2.24, 2.45) is 23.7 Å². The molecular weight excluding hydrogens is 1200 g/mol. The second-order valence-corrected chi connectivity index (χ2v) is 30.8. The number of hydrogen-bond acceptors (Lipinski definition) is 15. The van der Waals surface area contributed by atoms with Crippen molar-refractivity contribution in [3.63, 3.8) is 0 Å². The van der Waals surface area contributed by atoms with E-state index in [0.29, 0.717) is 31.6 Å². The van der Waals surface area contributed by atoms with Crippen LogP contribution in [0.4, 0.5) is 0 Å². The molecule has 0 rings (SSSR count). The summed E-state index contributed by atoms with van der Waals surface area (Å²) in [4.78, 5) is 72.6. The largest absolute Gasteiger partial charge is 0.472 e. The molecule has 0 radical (unpaired) electrons. The minimum absolute atomic E-state index is 0.104. The standard InChI is InChI=1S/C72H140O17P2/c1-62(2)48-40-32-24-17-13-11-9-10-12-14-20-29-38-46-54-71(76)88-68(59-83-70(75)53-45-37-31-23-27-35-43-51-65(7)8)61-87-91(80,81)85-57-66(73)56-84-90(78,79)86-60-67(89-72(77)55-47-39-30-22-21-26-34-42-50-64(5)6)58-82-69(74)52-44-36-28-19-16-15-18-25-33-41-49-63(3)4/h62-68,73H,9-61H2,1-8H3,(H,78,79)(H,80,81)/t66?,67-,68-/m1/s1. The van der Waals surface area contributed by atoms with E-state index >= 15 is 0 Å². The topological polar surface area (TPSA) is 237 Å². The van der Waals surface area contributed by atoms with E-state index in [1.54, 1.807) is 0 Å². The number of carbonyl (C=O) groups is 4. The zero-order valence-electron chi connectivity index (χ0n) is 59.5. The van der Waals surface area contributed by atoms with Crippen LogP contribution in [-0.4, -0.2) is 96.7 Å². The quantitative estimate of drug-likeness (QED) is 0.0222. The minimum atomic E-state index is -4.95. The predicted octanol–water partition coefficient (Wildman–Crippen LogP) is 20.5. The first kappa shape index (κ1) is 89.1. The monoisotopic (exact) mass is 1340 g/mol. The highest BCUT2D eigenvalue weighted by Crippen LogP contribution is 2.45. The second kappa shape index (κ2) is 61.6. The van der Waals surface area contributed by atoms with Crippen molar-refractivity contribution in [3.05, 3.63) is 0 Å². The van der Waals surface area contributed by atoms with Gasteiger partial charge in [0.2, 0.25) is 0 Å². The van der Waals surface area contributed by atoms with Gasteiger partial charge in [-0.05, 0) is 49.4 Å². The molecule has 0 amide bonds. The molecule has 0 aromatic heterocycles. The summed E-state index contributed by atoms with van der Waals surface area (Å²) in [7, 11) is -9.91. The van der Waals surface area contributed by atoms with Crippen LogP contribution in [0.25, 0.3) is 0 Å². The Morgan fingerprint density at radius 1 is 0.275 bits per heavy atom. The lowest BCUT2D eigenvalue weighted by atomic mass is 10.0. The molecule has 0 aliphatic carbocycles. The maximum absolute atomic E-state index is 13.0. The normalized spacial score (nSPS) is 14.2. The van der Waals surface area contributed by atoms with Crippen LogP contribution in [0.2, 0.25) is 0 Å². The number of rotatable bonds is 69. The summed E-state index contributed by atoms with van der Waals surface area (Å²) in [6.45, 7) is 14.1. The molecule has 0 fully saturated rings. The van der Waals surface area contributed by atoms with Crippen molar-refractivity contribution in [1.29, 1.82) is 0 Å². The SMILES string of the molecule is CC(C)CCCCCCCCCCCCCCCCC(=O)O[C@H](COC(=O)CCCCCCCCCC(C)C)COP(=O)(O)OCC(O)COP(=O)(O)OC[C@@H](COC(=O)CCCCCCCCCCCCC(C)C)OC(=O)CCCCCCCCCCC(C)C. The van der Waals surface area contributed by atoms with E-state index in [9.17, 15) is 43.2 Å². The average Bonchev–Trinajstić information content (AvgIpc) is 3.43. The Morgan fingerprint density at radius 3 is 0.681 bits per heavy atom. The molecule has 19 heteroatoms. The fourth-order valence-electron chi connectivity index (χ4n) is 10.8. The van der Waals surface area contributed by atoms with Gasteiger partial charge in [-0.1, -0.05) is 306 Å². The number of phosphoric acid groups is 2. The van der Waals surface area contributed by atoms with Crippen molar-refractivity contribution in [3.8, 4) is 0 Å². The Labute approximate surface area is 556 Å². The molecule has 91 heavy (non-hydrogen) atoms. The zero-order chi connectivity index (χ0) is 67.5. The summed E-state index contributed by atoms with van der Waals surface area (Å²) in [5, 5.41) is 10.6. The van der Waals surface area contributed by atoms with Gasteiger partial charge in [0, 0.05) is 25.7 Å². The first-order chi connectivity index (χ1) is 43.6. The second-order valence-electron chi connectivity index (χ2n) is 27.9. The number of aliphatic hydroxyl groups is 1. The van der Waals surface area contributed by atoms with E-state index in [1.165, 1.54) is 154 Å². The van der Waals surface area contributed by atoms with Gasteiger partial charge in [-0.15, -0.1) is 0 Å². The molecule has 540 valence electrons. The smallest absolute Gasteiger partial charge is 0.462 e. The van der Waals surface area contributed by atoms with Gasteiger partial charge in [0.25, 0.3) is 0 Å². The van der Waals surface area contributed by atoms with Crippen molar-refractivity contribution in [1.82, 2.24) is 0 Å². The maximum atomic E-state index is 13.0. The van der Waals surface area contributed by atoms with E-state index < -0.39 is 97.5 Å². The molecule has 0 aliphatic heterocycles. The van der Waals surface area contributed by atoms with E-state index in [-0.39, 0.29) is 25.7 Å². The molecule has 17 nitrogen and oxygen atoms in total. The summed E-state index contributed by atoms with van der Waals surface area (Å²) in [5.41, 5.74) is 0. The summed E-state index contributed by atoms with van der Waals surface area (Å²) in [6, 6.07) is 0. The fourth-order valence-corrected chi connectivity index (χ4v) is 12.4. The average molecular weight is 1340 g/mol. The molecule has 0 saturated heterocycles. The number of carbonyl (C=O) groups excluding carboxylic acids is 4. The highest BCUT2D eigenvalue weighted by molar-refractivity contribution is 7.47. The van der Waals surface area contributed by atoms with E-state index in [4.69, 9.17) is 37.0 Å². The van der Waals surface area contributed by atoms with Crippen LogP contribution in [0.1, 0.15) is 357 Å². The molecule has 0 spiro atoms. The lowest BCUT2D eigenvalue weighted by Gasteiger charge is -2.21. The summed E-state index contributed by atoms with van der Waals surface area (Å²) in [6.07, 6.45) is 44.6. The Balaban J connectivity index is 5.23. The summed E-state index contributed by atoms with van der Waals surface area (Å²) in [5.74, 6) is 0.849. The lowest BCUT2D eigenvalue weighted by Crippen LogP contribution is -2.30. The number of aliphatic hydroxyl groups excluding tert-OH is 1. The fraction of sp³-hybridized carbons (Fsp3) is 0.944. The van der Waals surface area contributed by atoms with Crippen molar-refractivity contribution in [2.75, 3.05) is 39.6 Å². The van der Waals surface area contributed by atoms with Gasteiger partial charge >= 0.3 is 39.5 Å². The molecular formula is C72H140O17P2. The van der Waals surface area contributed by atoms with Crippen LogP contribution in [0.15, 0.2) is 0 Å². The molecule has 0 heterocycles. The van der Waals surface area contributed by atoms with Crippen molar-refractivity contribution >= 4 is 39.5 Å². The highest BCUT2D eigenvalue weighted by Gasteiger charge is 2.30. The van der Waals surface area contributed by atoms with E-state index in [1.807, 2.05) is 0 Å². The van der Waals surface area contributed by atoms with Gasteiger partial charge in [0.15, 0.2) is 12.2 Å². The van der Waals surface area contributed by atoms with Gasteiger partial charge in [-0.3, -0.25) is 37.3 Å². The zero-order valence-corrected chi connectivity index (χ0v) is 61.3. The first-order valence-electron chi connectivity index (χ1n) is 37.2. The van der Waals surface area contributed by atoms with E-state index in [2.05, 4.69) is 55.4 Å². The van der Waals surface area contributed by atoms with Crippen LogP contribution in [0, 0.1) is 23.7 Å². The maximum Gasteiger partial charge on any atom is 0.472 e. The Hall–Kier alpha value is -1.94. The van der Waals surface area contributed by atoms with E-state index in [0.717, 1.165) is 114 Å². The van der Waals surface area contributed by atoms with Crippen LogP contribution >= 0.6 is 15.6 Å². The van der Waals surface area contributed by atoms with Crippen LogP contribution < -0.4 is 0 Å². The number of ether oxygens (including phenoxy) is 4. The minimum Gasteiger partial charge on any atom is -0.462 e. The Kier molecular flexibility index (Phi) is 60.3. The number of unbranched alkanes of at least 4 members (excludes halogenated alkanes) is 35. The van der Waals surface area contributed by atoms with Gasteiger partial charge < -0.3 is 33.8 Å². The molecule has 3 unspecified atom stereocenters. The number of hydrogen-bond donors (Lipinski definition) is 3. The molecule has 0 saturated carbocycles. The first-order valence-corrected chi connectivity index (χ1v) is 40.2. The molecule has 3 N–H and O–H groups in total. The Bertz CT molecular complexity index is 1800. The molecule has 0 bridgehead atoms. The third-order valence-corrected chi connectivity index (χ3v) is 18.5. The van der Waals surface area contributed by atoms with Crippen molar-refractivity contribution in [2.45, 2.75) is 375 Å². The Morgan fingerprint density at radius 2 is 0.462 bits per heavy atom. The highest BCUT2D eigenvalue weighted by atomic mass is 31.2. The predicted molar refractivity (Wildman–Crippen MR) is 367 cm³/mol. The van der Waals surface area contributed by atoms with Crippen molar-refractivity contribution < 1.29 is 80.2 Å². The van der Waals surface area contributed by atoms with Crippen LogP contribution in [0.3, 0.4) is 0 Å². The van der Waals surface area contributed by atoms with Gasteiger partial charge in [-0.25, -0.2) is 9.13 Å². The molecule has 0 aromatic rings. The van der Waals surface area contributed by atoms with Crippen LogP contribution in [-0.2, 0) is 65.4 Å². The summed E-state index contributed by atoms with van der Waals surface area (Å²) < 4.78 is 68.3. The van der Waals surface area contributed by atoms with Gasteiger partial charge in [0.05, 0.1) is 26.4 Å². The number of phosphoric ester groups is 2. The van der Waals surface area contributed by atoms with Crippen LogP contribution in [0.5, 0.6) is 0 Å². The third kappa shape index (κ3) is 66.5. The molecule has 5 atom stereocenters. The van der Waals surface area contributed by atoms with Gasteiger partial charge in [0.1, 0.15) is 19.3 Å². The third-order valence-electron chi connectivity index (χ3n) is 16.6. The van der Waals surface area contributed by atoms with Gasteiger partial charge in [-0.2, -0.15) is 0 Å². The molecule has 0 aliphatic rings. The number of esters is 4. The summed E-state index contributed by atoms with van der Waals surface area (Å²) >= 11 is 0. The lowest BCUT2D eigenvalue weighted by molar-refractivity contribution is -0.161. The molecule has 0 aromatic carbocycles.